The third kappa shape index (κ3) is 2.71. The summed E-state index contributed by atoms with van der Waals surface area (Å²) in [5.41, 5.74) is 0.534. The molecule has 0 saturated carbocycles. The van der Waals surface area contributed by atoms with Crippen molar-refractivity contribution in [3.05, 3.63) is 51.8 Å². The quantitative estimate of drug-likeness (QED) is 0.625. The van der Waals surface area contributed by atoms with Gasteiger partial charge in [-0.2, -0.15) is 10.4 Å². The first-order valence-electron chi connectivity index (χ1n) is 5.90. The van der Waals surface area contributed by atoms with Gasteiger partial charge < -0.3 is 4.90 Å². The first-order chi connectivity index (χ1) is 9.93. The van der Waals surface area contributed by atoms with Gasteiger partial charge in [0.2, 0.25) is 0 Å². The molecular formula is C13H11N5O3. The van der Waals surface area contributed by atoms with Crippen molar-refractivity contribution in [2.24, 2.45) is 0 Å². The number of nitro groups is 1. The molecule has 0 bridgehead atoms. The predicted octanol–water partition coefficient (Wildman–Crippen LogP) is 1.35. The third-order valence-corrected chi connectivity index (χ3v) is 2.77. The van der Waals surface area contributed by atoms with Crippen LogP contribution in [0.2, 0.25) is 0 Å². The molecule has 8 heteroatoms. The van der Waals surface area contributed by atoms with Gasteiger partial charge in [-0.15, -0.1) is 0 Å². The monoisotopic (exact) mass is 285 g/mol. The summed E-state index contributed by atoms with van der Waals surface area (Å²) in [6.45, 7) is 0. The number of carbonyl (C=O) groups is 1. The molecule has 0 aliphatic heterocycles. The summed E-state index contributed by atoms with van der Waals surface area (Å²) in [5, 5.41) is 23.9. The Kier molecular flexibility index (Phi) is 3.67. The van der Waals surface area contributed by atoms with E-state index in [-0.39, 0.29) is 22.9 Å². The zero-order chi connectivity index (χ0) is 15.6. The molecule has 106 valence electrons. The lowest BCUT2D eigenvalue weighted by Gasteiger charge is -2.07. The fourth-order valence-electron chi connectivity index (χ4n) is 1.73. The average molecular weight is 285 g/mol. The van der Waals surface area contributed by atoms with Crippen LogP contribution in [0.15, 0.2) is 30.5 Å². The fraction of sp³-hybridized carbons (Fsp3) is 0.154. The van der Waals surface area contributed by atoms with E-state index in [0.29, 0.717) is 5.69 Å². The zero-order valence-electron chi connectivity index (χ0n) is 11.3. The molecule has 0 saturated heterocycles. The molecule has 0 N–H and O–H groups in total. The van der Waals surface area contributed by atoms with Gasteiger partial charge in [0.1, 0.15) is 6.07 Å². The van der Waals surface area contributed by atoms with Crippen LogP contribution in [0.5, 0.6) is 0 Å². The second-order valence-electron chi connectivity index (χ2n) is 4.42. The highest BCUT2D eigenvalue weighted by atomic mass is 16.6. The second-order valence-corrected chi connectivity index (χ2v) is 4.42. The van der Waals surface area contributed by atoms with Crippen molar-refractivity contribution in [3.63, 3.8) is 0 Å². The number of non-ortho nitro benzene ring substituents is 1. The summed E-state index contributed by atoms with van der Waals surface area (Å²) >= 11 is 0. The molecule has 0 radical (unpaired) electrons. The number of rotatable bonds is 3. The largest absolute Gasteiger partial charge is 0.343 e. The number of nitrogens with zero attached hydrogens (tertiary/aromatic N) is 5. The molecule has 1 aromatic heterocycles. The van der Waals surface area contributed by atoms with Gasteiger partial charge in [0, 0.05) is 32.4 Å². The molecular weight excluding hydrogens is 274 g/mol. The Bertz CT molecular complexity index is 757. The van der Waals surface area contributed by atoms with Crippen LogP contribution >= 0.6 is 0 Å². The van der Waals surface area contributed by atoms with E-state index < -0.39 is 4.92 Å². The zero-order valence-corrected chi connectivity index (χ0v) is 11.3. The molecule has 0 atom stereocenters. The highest BCUT2D eigenvalue weighted by Gasteiger charge is 2.15. The Morgan fingerprint density at radius 2 is 2.14 bits per heavy atom. The summed E-state index contributed by atoms with van der Waals surface area (Å²) in [4.78, 5) is 23.3. The molecule has 1 aromatic carbocycles. The Morgan fingerprint density at radius 1 is 1.43 bits per heavy atom. The molecule has 1 heterocycles. The van der Waals surface area contributed by atoms with Crippen LogP contribution < -0.4 is 0 Å². The van der Waals surface area contributed by atoms with Crippen LogP contribution in [-0.2, 0) is 0 Å². The first-order valence-corrected chi connectivity index (χ1v) is 5.90. The van der Waals surface area contributed by atoms with Crippen molar-refractivity contribution < 1.29 is 9.72 Å². The standard InChI is InChI=1S/C13H11N5O3/c1-16(2)13(19)11-5-6-17(15-11)12-4-3-10(18(20)21)7-9(12)8-14/h3-7H,1-2H3. The normalized spacial score (nSPS) is 9.95. The number of nitriles is 1. The van der Waals surface area contributed by atoms with E-state index in [9.17, 15) is 14.9 Å². The van der Waals surface area contributed by atoms with Crippen molar-refractivity contribution in [3.8, 4) is 11.8 Å². The lowest BCUT2D eigenvalue weighted by Crippen LogP contribution is -2.22. The Hall–Kier alpha value is -3.21. The Labute approximate surface area is 120 Å². The van der Waals surface area contributed by atoms with Gasteiger partial charge in [-0.25, -0.2) is 4.68 Å². The molecule has 0 unspecified atom stereocenters. The minimum Gasteiger partial charge on any atom is -0.343 e. The van der Waals surface area contributed by atoms with Crippen LogP contribution in [0.4, 0.5) is 5.69 Å². The molecule has 21 heavy (non-hydrogen) atoms. The van der Waals surface area contributed by atoms with Crippen molar-refractivity contribution in [2.75, 3.05) is 14.1 Å². The van der Waals surface area contributed by atoms with Crippen LogP contribution in [0, 0.1) is 21.4 Å². The summed E-state index contributed by atoms with van der Waals surface area (Å²) in [7, 11) is 3.21. The lowest BCUT2D eigenvalue weighted by molar-refractivity contribution is -0.384. The maximum absolute atomic E-state index is 11.8. The fourth-order valence-corrected chi connectivity index (χ4v) is 1.73. The molecule has 8 nitrogen and oxygen atoms in total. The minimum atomic E-state index is -0.575. The number of amides is 1. The summed E-state index contributed by atoms with van der Waals surface area (Å²) in [6, 6.07) is 7.29. The van der Waals surface area contributed by atoms with E-state index in [0.717, 1.165) is 0 Å². The molecule has 1 amide bonds. The van der Waals surface area contributed by atoms with Gasteiger partial charge in [0.05, 0.1) is 16.2 Å². The van der Waals surface area contributed by atoms with E-state index in [1.165, 1.54) is 40.0 Å². The highest BCUT2D eigenvalue weighted by molar-refractivity contribution is 5.91. The van der Waals surface area contributed by atoms with Crippen LogP contribution in [0.3, 0.4) is 0 Å². The molecule has 2 aromatic rings. The van der Waals surface area contributed by atoms with E-state index in [1.807, 2.05) is 6.07 Å². The number of benzene rings is 1. The van der Waals surface area contributed by atoms with E-state index in [1.54, 1.807) is 14.1 Å². The smallest absolute Gasteiger partial charge is 0.273 e. The molecule has 0 fully saturated rings. The van der Waals surface area contributed by atoms with Gasteiger partial charge in [-0.1, -0.05) is 0 Å². The molecule has 0 aliphatic carbocycles. The molecule has 0 aliphatic rings. The third-order valence-electron chi connectivity index (χ3n) is 2.77. The number of nitro benzene ring substituents is 1. The van der Waals surface area contributed by atoms with Crippen molar-refractivity contribution >= 4 is 11.6 Å². The van der Waals surface area contributed by atoms with Crippen molar-refractivity contribution in [2.45, 2.75) is 0 Å². The van der Waals surface area contributed by atoms with Crippen molar-refractivity contribution in [1.82, 2.24) is 14.7 Å². The van der Waals surface area contributed by atoms with E-state index >= 15 is 0 Å². The van der Waals surface area contributed by atoms with Gasteiger partial charge in [0.15, 0.2) is 5.69 Å². The summed E-state index contributed by atoms with van der Waals surface area (Å²) < 4.78 is 1.35. The maximum atomic E-state index is 11.8. The topological polar surface area (TPSA) is 105 Å². The summed E-state index contributed by atoms with van der Waals surface area (Å²) in [6.07, 6.45) is 1.53. The first kappa shape index (κ1) is 14.2. The lowest BCUT2D eigenvalue weighted by atomic mass is 10.2. The van der Waals surface area contributed by atoms with Gasteiger partial charge >= 0.3 is 0 Å². The van der Waals surface area contributed by atoms with Crippen molar-refractivity contribution in [1.29, 1.82) is 5.26 Å². The van der Waals surface area contributed by atoms with Crippen LogP contribution in [0.25, 0.3) is 5.69 Å². The van der Waals surface area contributed by atoms with Crippen LogP contribution in [0.1, 0.15) is 16.1 Å². The minimum absolute atomic E-state index is 0.108. The number of hydrogen-bond donors (Lipinski definition) is 0. The molecule has 2 rings (SSSR count). The summed E-state index contributed by atoms with van der Waals surface area (Å²) in [5.74, 6) is -0.269. The molecule has 0 spiro atoms. The van der Waals surface area contributed by atoms with Gasteiger partial charge in [-0.3, -0.25) is 14.9 Å². The second kappa shape index (κ2) is 5.42. The highest BCUT2D eigenvalue weighted by Crippen LogP contribution is 2.20. The Balaban J connectivity index is 2.46. The maximum Gasteiger partial charge on any atom is 0.273 e. The average Bonchev–Trinajstić information content (AvgIpc) is 2.94. The SMILES string of the molecule is CN(C)C(=O)c1ccn(-c2ccc([N+](=O)[O-])cc2C#N)n1. The van der Waals surface area contributed by atoms with E-state index in [2.05, 4.69) is 5.10 Å². The number of hydrogen-bond acceptors (Lipinski definition) is 5. The van der Waals surface area contributed by atoms with Gasteiger partial charge in [-0.05, 0) is 12.1 Å². The predicted molar refractivity (Wildman–Crippen MR) is 73.0 cm³/mol. The van der Waals surface area contributed by atoms with E-state index in [4.69, 9.17) is 5.26 Å². The number of aromatic nitrogens is 2. The Morgan fingerprint density at radius 3 is 2.71 bits per heavy atom. The van der Waals surface area contributed by atoms with Gasteiger partial charge in [0.25, 0.3) is 11.6 Å². The van der Waals surface area contributed by atoms with Crippen LogP contribution in [-0.4, -0.2) is 39.6 Å². The number of carbonyl (C=O) groups excluding carboxylic acids is 1.